The third kappa shape index (κ3) is 4.09. The van der Waals surface area contributed by atoms with Crippen molar-refractivity contribution in [2.24, 2.45) is 0 Å². The van der Waals surface area contributed by atoms with Crippen LogP contribution in [0.4, 0.5) is 5.69 Å². The summed E-state index contributed by atoms with van der Waals surface area (Å²) in [6, 6.07) is 17.5. The van der Waals surface area contributed by atoms with Gasteiger partial charge in [-0.1, -0.05) is 24.3 Å². The molecule has 1 amide bonds. The van der Waals surface area contributed by atoms with E-state index in [1.54, 1.807) is 36.7 Å². The van der Waals surface area contributed by atoms with Crippen LogP contribution in [0.3, 0.4) is 0 Å². The molecule has 0 radical (unpaired) electrons. The van der Waals surface area contributed by atoms with Gasteiger partial charge in [0.2, 0.25) is 0 Å². The summed E-state index contributed by atoms with van der Waals surface area (Å²) in [5, 5.41) is 11.9. The van der Waals surface area contributed by atoms with Gasteiger partial charge in [-0.05, 0) is 53.9 Å². The largest absolute Gasteiger partial charge is 0.478 e. The minimum Gasteiger partial charge on any atom is -0.478 e. The van der Waals surface area contributed by atoms with Gasteiger partial charge in [-0.2, -0.15) is 0 Å². The Hall–Kier alpha value is -3.47. The van der Waals surface area contributed by atoms with Gasteiger partial charge in [-0.15, -0.1) is 0 Å². The maximum absolute atomic E-state index is 12.3. The molecule has 3 rings (SSSR count). The number of hydrogen-bond acceptors (Lipinski definition) is 3. The number of pyridine rings is 1. The predicted octanol–water partition coefficient (Wildman–Crippen LogP) is 3.62. The van der Waals surface area contributed by atoms with E-state index in [9.17, 15) is 14.7 Å². The number of aromatic nitrogens is 1. The minimum atomic E-state index is -1.13. The number of anilines is 1. The Morgan fingerprint density at radius 2 is 1.44 bits per heavy atom. The number of carboxylic acid groups (broad SMARTS) is 1. The molecule has 0 spiro atoms. The van der Waals surface area contributed by atoms with Crippen molar-refractivity contribution in [2.45, 2.75) is 6.42 Å². The molecular weight excluding hydrogens is 316 g/mol. The van der Waals surface area contributed by atoms with Crippen molar-refractivity contribution in [2.75, 3.05) is 5.32 Å². The first-order chi connectivity index (χ1) is 12.1. The van der Waals surface area contributed by atoms with Crippen molar-refractivity contribution in [3.05, 3.63) is 95.3 Å². The molecule has 124 valence electrons. The Balaban J connectivity index is 1.71. The molecule has 0 unspecified atom stereocenters. The van der Waals surface area contributed by atoms with Gasteiger partial charge >= 0.3 is 5.97 Å². The highest BCUT2D eigenvalue weighted by Gasteiger charge is 2.15. The lowest BCUT2D eigenvalue weighted by molar-refractivity contribution is 0.0692. The van der Waals surface area contributed by atoms with Gasteiger partial charge in [0.1, 0.15) is 0 Å². The second kappa shape index (κ2) is 7.40. The standard InChI is InChI=1S/C20H16N2O3/c23-19(17-3-1-2-4-18(17)20(24)25)22-16-7-5-14(6-8-16)13-15-9-11-21-12-10-15/h1-12H,13H2,(H,22,23)(H,24,25). The zero-order valence-corrected chi connectivity index (χ0v) is 13.3. The molecule has 0 bridgehead atoms. The molecule has 0 aliphatic carbocycles. The van der Waals surface area contributed by atoms with Gasteiger partial charge in [-0.25, -0.2) is 4.79 Å². The fraction of sp³-hybridized carbons (Fsp3) is 0.0500. The lowest BCUT2D eigenvalue weighted by atomic mass is 10.1. The molecule has 0 aliphatic heterocycles. The highest BCUT2D eigenvalue weighted by Crippen LogP contribution is 2.16. The van der Waals surface area contributed by atoms with E-state index in [1.165, 1.54) is 12.1 Å². The number of carboxylic acids is 1. The number of rotatable bonds is 5. The van der Waals surface area contributed by atoms with Crippen LogP contribution in [0.1, 0.15) is 31.8 Å². The fourth-order valence-electron chi connectivity index (χ4n) is 2.51. The van der Waals surface area contributed by atoms with Crippen LogP contribution in [-0.4, -0.2) is 22.0 Å². The normalized spacial score (nSPS) is 10.2. The Morgan fingerprint density at radius 1 is 0.840 bits per heavy atom. The summed E-state index contributed by atoms with van der Waals surface area (Å²) in [5.41, 5.74) is 2.99. The third-order valence-corrected chi connectivity index (χ3v) is 3.77. The zero-order chi connectivity index (χ0) is 17.6. The Labute approximate surface area is 145 Å². The molecule has 2 aromatic carbocycles. The van der Waals surface area contributed by atoms with Crippen LogP contribution in [0.25, 0.3) is 0 Å². The lowest BCUT2D eigenvalue weighted by Gasteiger charge is -2.09. The first kappa shape index (κ1) is 16.4. The van der Waals surface area contributed by atoms with Crippen LogP contribution in [0, 0.1) is 0 Å². The van der Waals surface area contributed by atoms with Crippen molar-refractivity contribution < 1.29 is 14.7 Å². The molecule has 0 saturated carbocycles. The minimum absolute atomic E-state index is 0.0192. The topological polar surface area (TPSA) is 79.3 Å². The quantitative estimate of drug-likeness (QED) is 0.748. The number of carbonyl (C=O) groups excluding carboxylic acids is 1. The summed E-state index contributed by atoms with van der Waals surface area (Å²) in [6.07, 6.45) is 4.28. The second-order valence-corrected chi connectivity index (χ2v) is 5.53. The summed E-state index contributed by atoms with van der Waals surface area (Å²) in [4.78, 5) is 27.5. The number of hydrogen-bond donors (Lipinski definition) is 2. The van der Waals surface area contributed by atoms with E-state index in [4.69, 9.17) is 0 Å². The van der Waals surface area contributed by atoms with E-state index in [2.05, 4.69) is 10.3 Å². The molecule has 1 heterocycles. The molecular formula is C20H16N2O3. The smallest absolute Gasteiger partial charge is 0.336 e. The molecule has 3 aromatic rings. The van der Waals surface area contributed by atoms with Crippen LogP contribution in [0.2, 0.25) is 0 Å². The maximum atomic E-state index is 12.3. The molecule has 5 nitrogen and oxygen atoms in total. The molecule has 2 N–H and O–H groups in total. The zero-order valence-electron chi connectivity index (χ0n) is 13.3. The summed E-state index contributed by atoms with van der Waals surface area (Å²) < 4.78 is 0. The van der Waals surface area contributed by atoms with Crippen LogP contribution in [0.15, 0.2) is 73.1 Å². The molecule has 0 saturated heterocycles. The van der Waals surface area contributed by atoms with Gasteiger partial charge in [0.05, 0.1) is 11.1 Å². The van der Waals surface area contributed by atoms with Gasteiger partial charge in [0.15, 0.2) is 0 Å². The average molecular weight is 332 g/mol. The van der Waals surface area contributed by atoms with Crippen molar-refractivity contribution in [1.29, 1.82) is 0 Å². The first-order valence-electron chi connectivity index (χ1n) is 7.75. The molecule has 0 atom stereocenters. The van der Waals surface area contributed by atoms with Gasteiger partial charge in [-0.3, -0.25) is 9.78 Å². The van der Waals surface area contributed by atoms with Crippen molar-refractivity contribution in [1.82, 2.24) is 4.98 Å². The Kier molecular flexibility index (Phi) is 4.85. The number of nitrogens with zero attached hydrogens (tertiary/aromatic N) is 1. The third-order valence-electron chi connectivity index (χ3n) is 3.77. The van der Waals surface area contributed by atoms with Crippen molar-refractivity contribution in [3.8, 4) is 0 Å². The maximum Gasteiger partial charge on any atom is 0.336 e. The van der Waals surface area contributed by atoms with E-state index < -0.39 is 11.9 Å². The van der Waals surface area contributed by atoms with Crippen LogP contribution >= 0.6 is 0 Å². The van der Waals surface area contributed by atoms with Crippen LogP contribution in [0.5, 0.6) is 0 Å². The number of aromatic carboxylic acids is 1. The Bertz CT molecular complexity index is 890. The van der Waals surface area contributed by atoms with Crippen molar-refractivity contribution in [3.63, 3.8) is 0 Å². The van der Waals surface area contributed by atoms with Gasteiger partial charge in [0, 0.05) is 18.1 Å². The van der Waals surface area contributed by atoms with Crippen LogP contribution < -0.4 is 5.32 Å². The highest BCUT2D eigenvalue weighted by molar-refractivity contribution is 6.10. The SMILES string of the molecule is O=C(O)c1ccccc1C(=O)Nc1ccc(Cc2ccncc2)cc1. The Morgan fingerprint density at radius 3 is 2.08 bits per heavy atom. The molecule has 0 aliphatic rings. The van der Waals surface area contributed by atoms with Gasteiger partial charge in [0.25, 0.3) is 5.91 Å². The van der Waals surface area contributed by atoms with E-state index in [0.717, 1.165) is 17.5 Å². The number of amides is 1. The molecule has 25 heavy (non-hydrogen) atoms. The highest BCUT2D eigenvalue weighted by atomic mass is 16.4. The van der Waals surface area contributed by atoms with Crippen LogP contribution in [-0.2, 0) is 6.42 Å². The molecule has 0 fully saturated rings. The van der Waals surface area contributed by atoms with Crippen molar-refractivity contribution >= 4 is 17.6 Å². The van der Waals surface area contributed by atoms with E-state index >= 15 is 0 Å². The van der Waals surface area contributed by atoms with E-state index in [1.807, 2.05) is 24.3 Å². The molecule has 1 aromatic heterocycles. The predicted molar refractivity (Wildman–Crippen MR) is 94.8 cm³/mol. The fourth-order valence-corrected chi connectivity index (χ4v) is 2.51. The average Bonchev–Trinajstić information content (AvgIpc) is 2.64. The number of benzene rings is 2. The lowest BCUT2D eigenvalue weighted by Crippen LogP contribution is -2.16. The van der Waals surface area contributed by atoms with E-state index in [-0.39, 0.29) is 11.1 Å². The summed E-state index contributed by atoms with van der Waals surface area (Å²) in [6.45, 7) is 0. The monoisotopic (exact) mass is 332 g/mol. The summed E-state index contributed by atoms with van der Waals surface area (Å²) in [5.74, 6) is -1.57. The summed E-state index contributed by atoms with van der Waals surface area (Å²) in [7, 11) is 0. The first-order valence-corrected chi connectivity index (χ1v) is 7.75. The molecule has 5 heteroatoms. The number of carbonyl (C=O) groups is 2. The van der Waals surface area contributed by atoms with Gasteiger partial charge < -0.3 is 10.4 Å². The second-order valence-electron chi connectivity index (χ2n) is 5.53. The number of nitrogens with one attached hydrogen (secondary N) is 1. The van der Waals surface area contributed by atoms with E-state index in [0.29, 0.717) is 5.69 Å². The summed E-state index contributed by atoms with van der Waals surface area (Å²) >= 11 is 0.